The summed E-state index contributed by atoms with van der Waals surface area (Å²) in [6.07, 6.45) is 0. The van der Waals surface area contributed by atoms with Gasteiger partial charge in [0.15, 0.2) is 0 Å². The van der Waals surface area contributed by atoms with Crippen LogP contribution in [0, 0.1) is 0 Å². The van der Waals surface area contributed by atoms with Crippen LogP contribution in [0.5, 0.6) is 0 Å². The first-order valence-corrected chi connectivity index (χ1v) is 8.00. The third-order valence-electron chi connectivity index (χ3n) is 3.43. The molecule has 0 radical (unpaired) electrons. The Morgan fingerprint density at radius 1 is 0.846 bits per heavy atom. The standard InChI is InChI=1S/C18H16N2O6/c1-3-23-17(21)15-9-13(19-25-15)11-6-5-7-12(8-11)14-10-16(26-20-14)18(22)24-4-2/h5-10H,3-4H2,1-2H3. The van der Waals surface area contributed by atoms with Gasteiger partial charge in [0.25, 0.3) is 0 Å². The van der Waals surface area contributed by atoms with Gasteiger partial charge in [0.1, 0.15) is 11.4 Å². The molecule has 0 spiro atoms. The fraction of sp³-hybridized carbons (Fsp3) is 0.222. The van der Waals surface area contributed by atoms with E-state index >= 15 is 0 Å². The van der Waals surface area contributed by atoms with Gasteiger partial charge in [0.05, 0.1) is 13.2 Å². The van der Waals surface area contributed by atoms with Gasteiger partial charge in [-0.15, -0.1) is 0 Å². The Morgan fingerprint density at radius 3 is 1.73 bits per heavy atom. The smallest absolute Gasteiger partial charge is 0.377 e. The maximum Gasteiger partial charge on any atom is 0.377 e. The second-order valence-corrected chi connectivity index (χ2v) is 5.17. The van der Waals surface area contributed by atoms with Gasteiger partial charge < -0.3 is 18.5 Å². The quantitative estimate of drug-likeness (QED) is 0.619. The summed E-state index contributed by atoms with van der Waals surface area (Å²) in [7, 11) is 0. The maximum atomic E-state index is 11.7. The van der Waals surface area contributed by atoms with E-state index < -0.39 is 11.9 Å². The summed E-state index contributed by atoms with van der Waals surface area (Å²) >= 11 is 0. The number of carbonyl (C=O) groups excluding carboxylic acids is 2. The Kier molecular flexibility index (Phi) is 5.12. The first kappa shape index (κ1) is 17.4. The second kappa shape index (κ2) is 7.64. The predicted molar refractivity (Wildman–Crippen MR) is 89.3 cm³/mol. The van der Waals surface area contributed by atoms with Crippen LogP contribution in [0.3, 0.4) is 0 Å². The first-order chi connectivity index (χ1) is 12.6. The summed E-state index contributed by atoms with van der Waals surface area (Å²) in [5.41, 5.74) is 2.37. The van der Waals surface area contributed by atoms with E-state index in [1.165, 1.54) is 12.1 Å². The molecule has 0 aliphatic rings. The summed E-state index contributed by atoms with van der Waals surface area (Å²) in [5, 5.41) is 7.78. The highest BCUT2D eigenvalue weighted by molar-refractivity contribution is 5.88. The molecule has 2 heterocycles. The molecule has 0 amide bonds. The van der Waals surface area contributed by atoms with Gasteiger partial charge in [0, 0.05) is 23.3 Å². The van der Waals surface area contributed by atoms with Gasteiger partial charge in [-0.2, -0.15) is 0 Å². The highest BCUT2D eigenvalue weighted by atomic mass is 16.6. The molecule has 0 fully saturated rings. The molecule has 8 nitrogen and oxygen atoms in total. The van der Waals surface area contributed by atoms with Crippen LogP contribution in [0.1, 0.15) is 35.0 Å². The molecule has 0 aliphatic heterocycles. The van der Waals surface area contributed by atoms with Crippen molar-refractivity contribution in [1.82, 2.24) is 10.3 Å². The minimum atomic E-state index is -0.571. The van der Waals surface area contributed by atoms with Crippen molar-refractivity contribution >= 4 is 11.9 Å². The van der Waals surface area contributed by atoms with Gasteiger partial charge in [-0.05, 0) is 19.9 Å². The lowest BCUT2D eigenvalue weighted by Gasteiger charge is -1.99. The molecular formula is C18H16N2O6. The largest absolute Gasteiger partial charge is 0.460 e. The molecule has 0 saturated heterocycles. The van der Waals surface area contributed by atoms with Crippen molar-refractivity contribution in [1.29, 1.82) is 0 Å². The molecule has 1 aromatic carbocycles. The molecule has 26 heavy (non-hydrogen) atoms. The van der Waals surface area contributed by atoms with Gasteiger partial charge >= 0.3 is 11.9 Å². The molecule has 0 aliphatic carbocycles. The van der Waals surface area contributed by atoms with Crippen molar-refractivity contribution in [3.8, 4) is 22.5 Å². The van der Waals surface area contributed by atoms with E-state index in [0.717, 1.165) is 0 Å². The van der Waals surface area contributed by atoms with Gasteiger partial charge in [0.2, 0.25) is 11.5 Å². The lowest BCUT2D eigenvalue weighted by Crippen LogP contribution is -2.02. The fourth-order valence-electron chi connectivity index (χ4n) is 2.26. The molecule has 0 saturated carbocycles. The summed E-state index contributed by atoms with van der Waals surface area (Å²) in [5.74, 6) is -1.09. The number of rotatable bonds is 6. The van der Waals surface area contributed by atoms with E-state index in [9.17, 15) is 9.59 Å². The van der Waals surface area contributed by atoms with Crippen LogP contribution in [-0.2, 0) is 9.47 Å². The van der Waals surface area contributed by atoms with Crippen LogP contribution in [0.4, 0.5) is 0 Å². The highest BCUT2D eigenvalue weighted by Gasteiger charge is 2.17. The normalized spacial score (nSPS) is 10.5. The minimum absolute atomic E-state index is 0.0262. The number of aromatic nitrogens is 2. The molecule has 0 atom stereocenters. The van der Waals surface area contributed by atoms with Crippen LogP contribution in [0.25, 0.3) is 22.5 Å². The SMILES string of the molecule is CCOC(=O)c1cc(-c2cccc(-c3cc(C(=O)OCC)on3)c2)no1. The summed E-state index contributed by atoms with van der Waals surface area (Å²) in [6, 6.07) is 10.2. The molecule has 0 N–H and O–H groups in total. The second-order valence-electron chi connectivity index (χ2n) is 5.17. The van der Waals surface area contributed by atoms with Crippen molar-refractivity contribution in [3.05, 3.63) is 47.9 Å². The molecule has 8 heteroatoms. The first-order valence-electron chi connectivity index (χ1n) is 8.00. The van der Waals surface area contributed by atoms with Crippen LogP contribution in [0.2, 0.25) is 0 Å². The summed E-state index contributed by atoms with van der Waals surface area (Å²) in [4.78, 5) is 23.4. The van der Waals surface area contributed by atoms with E-state index in [0.29, 0.717) is 22.5 Å². The molecule has 0 bridgehead atoms. The van der Waals surface area contributed by atoms with Crippen molar-refractivity contribution in [2.24, 2.45) is 0 Å². The predicted octanol–water partition coefficient (Wildman–Crippen LogP) is 3.35. The van der Waals surface area contributed by atoms with Crippen LogP contribution in [-0.4, -0.2) is 35.5 Å². The Bertz CT molecular complexity index is 856. The number of hydrogen-bond acceptors (Lipinski definition) is 8. The summed E-state index contributed by atoms with van der Waals surface area (Å²) in [6.45, 7) is 3.92. The molecule has 0 unspecified atom stereocenters. The topological polar surface area (TPSA) is 105 Å². The zero-order valence-electron chi connectivity index (χ0n) is 14.2. The van der Waals surface area contributed by atoms with Crippen molar-refractivity contribution < 1.29 is 28.1 Å². The Balaban J connectivity index is 1.85. The zero-order valence-corrected chi connectivity index (χ0v) is 14.2. The molecule has 3 aromatic rings. The van der Waals surface area contributed by atoms with Crippen LogP contribution >= 0.6 is 0 Å². The Morgan fingerprint density at radius 2 is 1.31 bits per heavy atom. The minimum Gasteiger partial charge on any atom is -0.460 e. The van der Waals surface area contributed by atoms with Gasteiger partial charge in [-0.1, -0.05) is 28.5 Å². The number of nitrogens with zero attached hydrogens (tertiary/aromatic N) is 2. The summed E-state index contributed by atoms with van der Waals surface area (Å²) < 4.78 is 19.8. The van der Waals surface area contributed by atoms with E-state index in [4.69, 9.17) is 18.5 Å². The molecule has 134 valence electrons. The van der Waals surface area contributed by atoms with Crippen LogP contribution < -0.4 is 0 Å². The highest BCUT2D eigenvalue weighted by Crippen LogP contribution is 2.26. The number of ether oxygens (including phenoxy) is 2. The number of benzene rings is 1. The number of esters is 2. The number of carbonyl (C=O) groups is 2. The zero-order chi connectivity index (χ0) is 18.5. The van der Waals surface area contributed by atoms with E-state index in [1.54, 1.807) is 26.0 Å². The molecule has 3 rings (SSSR count). The van der Waals surface area contributed by atoms with Gasteiger partial charge in [-0.25, -0.2) is 9.59 Å². The van der Waals surface area contributed by atoms with E-state index in [2.05, 4.69) is 10.3 Å². The average Bonchev–Trinajstić information content (AvgIpc) is 3.32. The van der Waals surface area contributed by atoms with E-state index in [1.807, 2.05) is 12.1 Å². The average molecular weight is 356 g/mol. The van der Waals surface area contributed by atoms with Crippen molar-refractivity contribution in [3.63, 3.8) is 0 Å². The Labute approximate surface area is 148 Å². The maximum absolute atomic E-state index is 11.7. The number of hydrogen-bond donors (Lipinski definition) is 0. The van der Waals surface area contributed by atoms with Gasteiger partial charge in [-0.3, -0.25) is 0 Å². The molecular weight excluding hydrogens is 340 g/mol. The Hall–Kier alpha value is -3.42. The third kappa shape index (κ3) is 3.64. The van der Waals surface area contributed by atoms with Crippen molar-refractivity contribution in [2.75, 3.05) is 13.2 Å². The lowest BCUT2D eigenvalue weighted by atomic mass is 10.1. The van der Waals surface area contributed by atoms with Crippen molar-refractivity contribution in [2.45, 2.75) is 13.8 Å². The monoisotopic (exact) mass is 356 g/mol. The molecule has 2 aromatic heterocycles. The van der Waals surface area contributed by atoms with Crippen LogP contribution in [0.15, 0.2) is 45.4 Å². The third-order valence-corrected chi connectivity index (χ3v) is 3.43. The van der Waals surface area contributed by atoms with E-state index in [-0.39, 0.29) is 24.7 Å². The lowest BCUT2D eigenvalue weighted by molar-refractivity contribution is 0.0471. The fourth-order valence-corrected chi connectivity index (χ4v) is 2.26.